The molecule has 0 saturated heterocycles. The Morgan fingerprint density at radius 1 is 1.19 bits per heavy atom. The number of rotatable bonds is 8. The molecule has 1 aromatic rings. The topological polar surface area (TPSA) is 95.5 Å². The minimum Gasteiger partial charge on any atom is -0.480 e. The average Bonchev–Trinajstić information content (AvgIpc) is 2.47. The first-order valence-corrected chi connectivity index (χ1v) is 6.90. The number of hydrogen-bond donors (Lipinski definition) is 3. The SMILES string of the molecule is CCC[C@@H](NC(=O)CCNC(=O)c1ccccc1)C(=O)O. The van der Waals surface area contributed by atoms with E-state index in [-0.39, 0.29) is 24.8 Å². The first-order chi connectivity index (χ1) is 10.0. The number of carbonyl (C=O) groups excluding carboxylic acids is 2. The average molecular weight is 292 g/mol. The third-order valence-electron chi connectivity index (χ3n) is 2.88. The lowest BCUT2D eigenvalue weighted by Gasteiger charge is -2.13. The zero-order chi connectivity index (χ0) is 15.7. The number of hydrogen-bond acceptors (Lipinski definition) is 3. The number of carboxylic acid groups (broad SMARTS) is 1. The zero-order valence-electron chi connectivity index (χ0n) is 12.0. The third kappa shape index (κ3) is 6.07. The van der Waals surface area contributed by atoms with Gasteiger partial charge in [-0.05, 0) is 18.6 Å². The van der Waals surface area contributed by atoms with E-state index >= 15 is 0 Å². The highest BCUT2D eigenvalue weighted by Gasteiger charge is 2.18. The lowest BCUT2D eigenvalue weighted by atomic mass is 10.1. The van der Waals surface area contributed by atoms with Crippen molar-refractivity contribution in [2.75, 3.05) is 6.54 Å². The summed E-state index contributed by atoms with van der Waals surface area (Å²) in [5, 5.41) is 14.0. The number of aliphatic carboxylic acids is 1. The molecule has 0 fully saturated rings. The predicted octanol–water partition coefficient (Wildman–Crippen LogP) is 1.18. The van der Waals surface area contributed by atoms with Gasteiger partial charge in [0.1, 0.15) is 6.04 Å². The van der Waals surface area contributed by atoms with Gasteiger partial charge < -0.3 is 15.7 Å². The Balaban J connectivity index is 2.33. The molecule has 0 spiro atoms. The molecule has 3 N–H and O–H groups in total. The molecule has 1 aromatic carbocycles. The summed E-state index contributed by atoms with van der Waals surface area (Å²) in [7, 11) is 0. The van der Waals surface area contributed by atoms with Crippen LogP contribution in [-0.4, -0.2) is 35.5 Å². The van der Waals surface area contributed by atoms with Crippen molar-refractivity contribution in [3.8, 4) is 0 Å². The maximum Gasteiger partial charge on any atom is 0.326 e. The van der Waals surface area contributed by atoms with Gasteiger partial charge in [0.05, 0.1) is 0 Å². The lowest BCUT2D eigenvalue weighted by Crippen LogP contribution is -2.41. The van der Waals surface area contributed by atoms with Crippen LogP contribution in [0.3, 0.4) is 0 Å². The molecule has 0 unspecified atom stereocenters. The molecule has 1 atom stereocenters. The summed E-state index contributed by atoms with van der Waals surface area (Å²) >= 11 is 0. The summed E-state index contributed by atoms with van der Waals surface area (Å²) < 4.78 is 0. The highest BCUT2D eigenvalue weighted by molar-refractivity contribution is 5.94. The Labute approximate surface area is 123 Å². The Bertz CT molecular complexity index is 488. The molecule has 0 radical (unpaired) electrons. The molecule has 2 amide bonds. The van der Waals surface area contributed by atoms with Gasteiger partial charge in [-0.1, -0.05) is 31.5 Å². The molecule has 0 aromatic heterocycles. The van der Waals surface area contributed by atoms with Crippen molar-refractivity contribution in [1.29, 1.82) is 0 Å². The molecule has 0 aliphatic carbocycles. The Kier molecular flexibility index (Phi) is 6.94. The van der Waals surface area contributed by atoms with Crippen LogP contribution in [0.5, 0.6) is 0 Å². The summed E-state index contributed by atoms with van der Waals surface area (Å²) in [6.07, 6.45) is 1.10. The molecule has 6 heteroatoms. The molecule has 0 aliphatic heterocycles. The van der Waals surface area contributed by atoms with Crippen LogP contribution < -0.4 is 10.6 Å². The quantitative estimate of drug-likeness (QED) is 0.670. The molecule has 0 aliphatic rings. The number of amides is 2. The molecule has 0 bridgehead atoms. The van der Waals surface area contributed by atoms with Crippen LogP contribution in [0.1, 0.15) is 36.5 Å². The van der Waals surface area contributed by atoms with Crippen molar-refractivity contribution < 1.29 is 19.5 Å². The van der Waals surface area contributed by atoms with E-state index in [0.29, 0.717) is 18.4 Å². The van der Waals surface area contributed by atoms with Crippen molar-refractivity contribution in [2.45, 2.75) is 32.2 Å². The minimum absolute atomic E-state index is 0.0477. The predicted molar refractivity (Wildman–Crippen MR) is 77.9 cm³/mol. The number of carbonyl (C=O) groups is 3. The van der Waals surface area contributed by atoms with Gasteiger partial charge in [-0.25, -0.2) is 4.79 Å². The molecule has 114 valence electrons. The lowest BCUT2D eigenvalue weighted by molar-refractivity contribution is -0.142. The van der Waals surface area contributed by atoms with Crippen LogP contribution in [0, 0.1) is 0 Å². The second kappa shape index (κ2) is 8.73. The minimum atomic E-state index is -1.04. The second-order valence-corrected chi connectivity index (χ2v) is 4.62. The van der Waals surface area contributed by atoms with Crippen molar-refractivity contribution in [3.05, 3.63) is 35.9 Å². The van der Waals surface area contributed by atoms with Crippen molar-refractivity contribution in [3.63, 3.8) is 0 Å². The molecule has 0 saturated carbocycles. The molecule has 1 rings (SSSR count). The van der Waals surface area contributed by atoms with Gasteiger partial charge in [0.2, 0.25) is 5.91 Å². The van der Waals surface area contributed by atoms with E-state index in [1.807, 2.05) is 13.0 Å². The number of benzene rings is 1. The van der Waals surface area contributed by atoms with E-state index in [1.165, 1.54) is 0 Å². The first-order valence-electron chi connectivity index (χ1n) is 6.90. The Morgan fingerprint density at radius 2 is 1.86 bits per heavy atom. The Morgan fingerprint density at radius 3 is 2.43 bits per heavy atom. The molecule has 6 nitrogen and oxygen atoms in total. The number of nitrogens with one attached hydrogen (secondary N) is 2. The van der Waals surface area contributed by atoms with E-state index in [0.717, 1.165) is 0 Å². The summed E-state index contributed by atoms with van der Waals surface area (Å²) in [6, 6.07) is 7.80. The van der Waals surface area contributed by atoms with Gasteiger partial charge in [-0.2, -0.15) is 0 Å². The normalized spacial score (nSPS) is 11.5. The van der Waals surface area contributed by atoms with E-state index < -0.39 is 12.0 Å². The van der Waals surface area contributed by atoms with E-state index in [9.17, 15) is 14.4 Å². The Hall–Kier alpha value is -2.37. The van der Waals surface area contributed by atoms with Gasteiger partial charge in [-0.15, -0.1) is 0 Å². The maximum absolute atomic E-state index is 11.7. The number of carboxylic acids is 1. The highest BCUT2D eigenvalue weighted by Crippen LogP contribution is 1.99. The van der Waals surface area contributed by atoms with Crippen molar-refractivity contribution in [2.24, 2.45) is 0 Å². The van der Waals surface area contributed by atoms with Crippen molar-refractivity contribution in [1.82, 2.24) is 10.6 Å². The zero-order valence-corrected chi connectivity index (χ0v) is 12.0. The summed E-state index contributed by atoms with van der Waals surface area (Å²) in [5.74, 6) is -1.69. The van der Waals surface area contributed by atoms with Crippen LogP contribution in [0.25, 0.3) is 0 Å². The van der Waals surface area contributed by atoms with Gasteiger partial charge in [-0.3, -0.25) is 9.59 Å². The summed E-state index contributed by atoms with van der Waals surface area (Å²) in [5.41, 5.74) is 0.521. The smallest absolute Gasteiger partial charge is 0.326 e. The molecular formula is C15H20N2O4. The van der Waals surface area contributed by atoms with Gasteiger partial charge in [0.25, 0.3) is 5.91 Å². The maximum atomic E-state index is 11.7. The van der Waals surface area contributed by atoms with Crippen molar-refractivity contribution >= 4 is 17.8 Å². The molecule has 21 heavy (non-hydrogen) atoms. The van der Waals surface area contributed by atoms with Crippen LogP contribution >= 0.6 is 0 Å². The van der Waals surface area contributed by atoms with Gasteiger partial charge >= 0.3 is 5.97 Å². The fourth-order valence-corrected chi connectivity index (χ4v) is 1.79. The summed E-state index contributed by atoms with van der Waals surface area (Å²) in [6.45, 7) is 2.01. The van der Waals surface area contributed by atoms with E-state index in [4.69, 9.17) is 5.11 Å². The summed E-state index contributed by atoms with van der Waals surface area (Å²) in [4.78, 5) is 34.3. The van der Waals surface area contributed by atoms with Crippen LogP contribution in [-0.2, 0) is 9.59 Å². The third-order valence-corrected chi connectivity index (χ3v) is 2.88. The second-order valence-electron chi connectivity index (χ2n) is 4.62. The fraction of sp³-hybridized carbons (Fsp3) is 0.400. The van der Waals surface area contributed by atoms with Crippen LogP contribution in [0.2, 0.25) is 0 Å². The van der Waals surface area contributed by atoms with Crippen LogP contribution in [0.4, 0.5) is 0 Å². The van der Waals surface area contributed by atoms with Gasteiger partial charge in [0, 0.05) is 18.5 Å². The van der Waals surface area contributed by atoms with E-state index in [2.05, 4.69) is 10.6 Å². The largest absolute Gasteiger partial charge is 0.480 e. The monoisotopic (exact) mass is 292 g/mol. The molecule has 0 heterocycles. The highest BCUT2D eigenvalue weighted by atomic mass is 16.4. The first kappa shape index (κ1) is 16.7. The van der Waals surface area contributed by atoms with E-state index in [1.54, 1.807) is 24.3 Å². The molecular weight excluding hydrogens is 272 g/mol. The van der Waals surface area contributed by atoms with Crippen LogP contribution in [0.15, 0.2) is 30.3 Å². The fourth-order valence-electron chi connectivity index (χ4n) is 1.79. The standard InChI is InChI=1S/C15H20N2O4/c1-2-6-12(15(20)21)17-13(18)9-10-16-14(19)11-7-4-3-5-8-11/h3-5,7-8,12H,2,6,9-10H2,1H3,(H,16,19)(H,17,18)(H,20,21)/t12-/m1/s1. The van der Waals surface area contributed by atoms with Gasteiger partial charge in [0.15, 0.2) is 0 Å².